The molecule has 0 radical (unpaired) electrons. The van der Waals surface area contributed by atoms with E-state index in [4.69, 9.17) is 14.8 Å². The zero-order valence-electron chi connectivity index (χ0n) is 16.3. The quantitative estimate of drug-likeness (QED) is 0.692. The molecule has 1 aromatic carbocycles. The molecule has 5 heteroatoms. The van der Waals surface area contributed by atoms with Gasteiger partial charge >= 0.3 is 0 Å². The highest BCUT2D eigenvalue weighted by atomic mass is 32.1. The second-order valence-corrected chi connectivity index (χ2v) is 7.90. The van der Waals surface area contributed by atoms with E-state index in [1.165, 1.54) is 47.2 Å². The van der Waals surface area contributed by atoms with E-state index in [9.17, 15) is 0 Å². The topological polar surface area (TPSA) is 38.9 Å². The largest absolute Gasteiger partial charge is 0.383 e. The summed E-state index contributed by atoms with van der Waals surface area (Å²) in [7, 11) is 1.71. The lowest BCUT2D eigenvalue weighted by Gasteiger charge is -2.14. The Hall–Kier alpha value is -1.72. The Morgan fingerprint density at radius 1 is 1.04 bits per heavy atom. The normalized spacial score (nSPS) is 15.5. The smallest absolute Gasteiger partial charge is 0.206 e. The van der Waals surface area contributed by atoms with Gasteiger partial charge in [0, 0.05) is 23.8 Å². The molecule has 0 saturated heterocycles. The van der Waals surface area contributed by atoms with Crippen LogP contribution in [0.4, 0.5) is 0 Å². The third kappa shape index (κ3) is 4.33. The SMILES string of the molecule is COCCN=c1scc(-c2cc(C)c(C)cc2C)n1N=C1CCCCC1. The summed E-state index contributed by atoms with van der Waals surface area (Å²) >= 11 is 1.66. The average molecular weight is 372 g/mol. The molecule has 0 spiro atoms. The lowest BCUT2D eigenvalue weighted by atomic mass is 9.98. The number of aryl methyl sites for hydroxylation is 3. The molecule has 0 aliphatic heterocycles. The van der Waals surface area contributed by atoms with Crippen molar-refractivity contribution in [2.75, 3.05) is 20.3 Å². The molecule has 1 aliphatic rings. The first-order valence-electron chi connectivity index (χ1n) is 9.45. The van der Waals surface area contributed by atoms with E-state index in [2.05, 4.69) is 43.0 Å². The molecule has 4 nitrogen and oxygen atoms in total. The van der Waals surface area contributed by atoms with Crippen LogP contribution in [0, 0.1) is 20.8 Å². The number of hydrogen-bond donors (Lipinski definition) is 0. The number of methoxy groups -OCH3 is 1. The van der Waals surface area contributed by atoms with E-state index in [0.717, 1.165) is 23.3 Å². The van der Waals surface area contributed by atoms with E-state index in [1.807, 2.05) is 0 Å². The van der Waals surface area contributed by atoms with E-state index in [0.29, 0.717) is 13.2 Å². The summed E-state index contributed by atoms with van der Waals surface area (Å²) in [6, 6.07) is 4.55. The van der Waals surface area contributed by atoms with Crippen molar-refractivity contribution < 1.29 is 4.74 Å². The molecule has 1 fully saturated rings. The summed E-state index contributed by atoms with van der Waals surface area (Å²) in [6.45, 7) is 7.81. The standard InChI is InChI=1S/C21H29N3OS/c1-15-12-17(3)19(13-16(15)2)20-14-26-21(22-10-11-25-4)24(20)23-18-8-6-5-7-9-18/h12-14H,5-11H2,1-4H3. The summed E-state index contributed by atoms with van der Waals surface area (Å²) in [5.74, 6) is 0. The summed E-state index contributed by atoms with van der Waals surface area (Å²) in [5, 5.41) is 7.23. The molecule has 0 unspecified atom stereocenters. The Balaban J connectivity index is 2.10. The predicted octanol–water partition coefficient (Wildman–Crippen LogP) is 4.86. The Morgan fingerprint density at radius 3 is 2.50 bits per heavy atom. The van der Waals surface area contributed by atoms with Crippen LogP contribution in [-0.2, 0) is 4.74 Å². The van der Waals surface area contributed by atoms with Crippen LogP contribution in [-0.4, -0.2) is 30.6 Å². The van der Waals surface area contributed by atoms with Gasteiger partial charge in [0.1, 0.15) is 0 Å². The van der Waals surface area contributed by atoms with Gasteiger partial charge in [0.2, 0.25) is 4.80 Å². The molecule has 1 saturated carbocycles. The summed E-state index contributed by atoms with van der Waals surface area (Å²) in [5.41, 5.74) is 7.61. The molecule has 0 N–H and O–H groups in total. The van der Waals surface area contributed by atoms with Crippen LogP contribution in [0.2, 0.25) is 0 Å². The van der Waals surface area contributed by atoms with Gasteiger partial charge in [0.05, 0.1) is 18.8 Å². The monoisotopic (exact) mass is 371 g/mol. The zero-order valence-corrected chi connectivity index (χ0v) is 17.2. The number of aromatic nitrogens is 1. The van der Waals surface area contributed by atoms with Crippen molar-refractivity contribution in [3.05, 3.63) is 39.0 Å². The predicted molar refractivity (Wildman–Crippen MR) is 110 cm³/mol. The number of ether oxygens (including phenoxy) is 1. The van der Waals surface area contributed by atoms with Crippen molar-refractivity contribution >= 4 is 17.0 Å². The maximum Gasteiger partial charge on any atom is 0.206 e. The molecule has 0 bridgehead atoms. The first-order chi connectivity index (χ1) is 12.6. The highest BCUT2D eigenvalue weighted by Crippen LogP contribution is 2.27. The molecule has 1 aliphatic carbocycles. The molecular weight excluding hydrogens is 342 g/mol. The van der Waals surface area contributed by atoms with Crippen LogP contribution >= 0.6 is 11.3 Å². The summed E-state index contributed by atoms with van der Waals surface area (Å²) in [6.07, 6.45) is 6.02. The third-order valence-corrected chi connectivity index (χ3v) is 5.87. The first-order valence-corrected chi connectivity index (χ1v) is 10.3. The number of rotatable bonds is 5. The van der Waals surface area contributed by atoms with Crippen LogP contribution in [0.25, 0.3) is 11.3 Å². The van der Waals surface area contributed by atoms with E-state index < -0.39 is 0 Å². The highest BCUT2D eigenvalue weighted by Gasteiger charge is 2.14. The molecular formula is C21H29N3OS. The van der Waals surface area contributed by atoms with E-state index in [1.54, 1.807) is 18.4 Å². The molecule has 0 atom stereocenters. The van der Waals surface area contributed by atoms with Crippen molar-refractivity contribution in [2.24, 2.45) is 10.1 Å². The van der Waals surface area contributed by atoms with E-state index in [-0.39, 0.29) is 0 Å². The number of hydrogen-bond acceptors (Lipinski definition) is 4. The van der Waals surface area contributed by atoms with Gasteiger partial charge in [-0.2, -0.15) is 5.10 Å². The van der Waals surface area contributed by atoms with Crippen molar-refractivity contribution in [1.29, 1.82) is 0 Å². The van der Waals surface area contributed by atoms with Crippen LogP contribution in [0.5, 0.6) is 0 Å². The van der Waals surface area contributed by atoms with Crippen LogP contribution in [0.3, 0.4) is 0 Å². The van der Waals surface area contributed by atoms with Gasteiger partial charge < -0.3 is 4.74 Å². The van der Waals surface area contributed by atoms with Crippen LogP contribution in [0.15, 0.2) is 27.6 Å². The Kier molecular flexibility index (Phi) is 6.43. The Labute approximate surface area is 160 Å². The second-order valence-electron chi connectivity index (χ2n) is 7.07. The summed E-state index contributed by atoms with van der Waals surface area (Å²) in [4.78, 5) is 5.68. The van der Waals surface area contributed by atoms with Crippen molar-refractivity contribution in [1.82, 2.24) is 4.68 Å². The minimum absolute atomic E-state index is 0.631. The fourth-order valence-electron chi connectivity index (χ4n) is 3.36. The highest BCUT2D eigenvalue weighted by molar-refractivity contribution is 7.07. The molecule has 1 heterocycles. The van der Waals surface area contributed by atoms with Crippen LogP contribution < -0.4 is 4.80 Å². The van der Waals surface area contributed by atoms with Gasteiger partial charge in [0.25, 0.3) is 0 Å². The first kappa shape index (κ1) is 19.1. The van der Waals surface area contributed by atoms with Crippen molar-refractivity contribution in [2.45, 2.75) is 52.9 Å². The number of benzene rings is 1. The van der Waals surface area contributed by atoms with Gasteiger partial charge in [-0.05, 0) is 69.2 Å². The minimum Gasteiger partial charge on any atom is -0.383 e. The Morgan fingerprint density at radius 2 is 1.77 bits per heavy atom. The minimum atomic E-state index is 0.631. The number of thiazole rings is 1. The van der Waals surface area contributed by atoms with E-state index >= 15 is 0 Å². The van der Waals surface area contributed by atoms with Gasteiger partial charge in [-0.25, -0.2) is 4.68 Å². The molecule has 1 aromatic heterocycles. The fraction of sp³-hybridized carbons (Fsp3) is 0.524. The van der Waals surface area contributed by atoms with Crippen molar-refractivity contribution in [3.8, 4) is 11.3 Å². The molecule has 140 valence electrons. The summed E-state index contributed by atoms with van der Waals surface area (Å²) < 4.78 is 7.23. The molecule has 0 amide bonds. The lowest BCUT2D eigenvalue weighted by molar-refractivity contribution is 0.207. The van der Waals surface area contributed by atoms with Gasteiger partial charge in [-0.15, -0.1) is 11.3 Å². The van der Waals surface area contributed by atoms with Crippen molar-refractivity contribution in [3.63, 3.8) is 0 Å². The fourth-order valence-corrected chi connectivity index (χ4v) is 4.21. The second kappa shape index (κ2) is 8.78. The van der Waals surface area contributed by atoms with Crippen LogP contribution in [0.1, 0.15) is 48.8 Å². The maximum absolute atomic E-state index is 5.16. The maximum atomic E-state index is 5.16. The molecule has 26 heavy (non-hydrogen) atoms. The Bertz CT molecular complexity index is 853. The van der Waals surface area contributed by atoms with Gasteiger partial charge in [-0.3, -0.25) is 4.99 Å². The average Bonchev–Trinajstić information content (AvgIpc) is 3.02. The lowest BCUT2D eigenvalue weighted by Crippen LogP contribution is -2.17. The molecule has 3 rings (SSSR count). The van der Waals surface area contributed by atoms with Gasteiger partial charge in [0.15, 0.2) is 0 Å². The zero-order chi connectivity index (χ0) is 18.5. The molecule has 2 aromatic rings. The third-order valence-electron chi connectivity index (χ3n) is 5.02. The van der Waals surface area contributed by atoms with Gasteiger partial charge in [-0.1, -0.05) is 12.5 Å². The number of nitrogens with zero attached hydrogens (tertiary/aromatic N) is 3.